The first-order valence-electron chi connectivity index (χ1n) is 10.4. The maximum atomic E-state index is 6.25. The summed E-state index contributed by atoms with van der Waals surface area (Å²) in [5.41, 5.74) is 6.70. The average Bonchev–Trinajstić information content (AvgIpc) is 3.12. The summed E-state index contributed by atoms with van der Waals surface area (Å²) >= 11 is 0. The molecule has 1 unspecified atom stereocenters. The van der Waals surface area contributed by atoms with Gasteiger partial charge in [-0.05, 0) is 68.0 Å². The Balaban J connectivity index is 1.64. The SMILES string of the molecule is Cc1cccc(-c2ccc(OCC3CCCCO3)c3[nH]c4ncc(C)cc4c23)c1. The van der Waals surface area contributed by atoms with E-state index in [1.807, 2.05) is 6.20 Å². The summed E-state index contributed by atoms with van der Waals surface area (Å²) in [6, 6.07) is 15.1. The third-order valence-electron chi connectivity index (χ3n) is 5.73. The van der Waals surface area contributed by atoms with Gasteiger partial charge in [0.15, 0.2) is 0 Å². The van der Waals surface area contributed by atoms with Crippen molar-refractivity contribution in [3.05, 3.63) is 59.8 Å². The van der Waals surface area contributed by atoms with E-state index in [4.69, 9.17) is 9.47 Å². The molecule has 1 aliphatic rings. The fourth-order valence-corrected chi connectivity index (χ4v) is 4.26. The molecule has 4 aromatic rings. The van der Waals surface area contributed by atoms with Gasteiger partial charge in [0.25, 0.3) is 0 Å². The summed E-state index contributed by atoms with van der Waals surface area (Å²) in [7, 11) is 0. The van der Waals surface area contributed by atoms with Crippen LogP contribution in [0.4, 0.5) is 0 Å². The lowest BCUT2D eigenvalue weighted by Crippen LogP contribution is -2.25. The Morgan fingerprint density at radius 2 is 2.03 bits per heavy atom. The lowest BCUT2D eigenvalue weighted by molar-refractivity contribution is -0.0108. The molecule has 2 aromatic heterocycles. The van der Waals surface area contributed by atoms with Crippen molar-refractivity contribution in [2.45, 2.75) is 39.2 Å². The van der Waals surface area contributed by atoms with Gasteiger partial charge >= 0.3 is 0 Å². The standard InChI is InChI=1S/C25H26N2O2/c1-16-6-5-7-18(12-16)20-9-10-22(29-15-19-8-3-4-11-28-19)24-23(20)21-13-17(2)14-26-25(21)27-24/h5-7,9-10,12-14,19H,3-4,8,11,15H2,1-2H3,(H,26,27). The highest BCUT2D eigenvalue weighted by molar-refractivity contribution is 6.15. The summed E-state index contributed by atoms with van der Waals surface area (Å²) in [6.07, 6.45) is 5.52. The number of aromatic nitrogens is 2. The van der Waals surface area contributed by atoms with E-state index < -0.39 is 0 Å². The maximum Gasteiger partial charge on any atom is 0.143 e. The number of H-pyrrole nitrogens is 1. The number of aromatic amines is 1. The second-order valence-corrected chi connectivity index (χ2v) is 8.06. The molecule has 1 N–H and O–H groups in total. The van der Waals surface area contributed by atoms with Gasteiger partial charge in [0.2, 0.25) is 0 Å². The Kier molecular flexibility index (Phi) is 4.72. The number of nitrogens with one attached hydrogen (secondary N) is 1. The predicted octanol–water partition coefficient (Wildman–Crippen LogP) is 5.95. The highest BCUT2D eigenvalue weighted by Crippen LogP contribution is 2.39. The van der Waals surface area contributed by atoms with Crippen LogP contribution in [0.3, 0.4) is 0 Å². The molecule has 0 saturated carbocycles. The minimum atomic E-state index is 0.181. The van der Waals surface area contributed by atoms with Gasteiger partial charge in [-0.25, -0.2) is 4.98 Å². The second kappa shape index (κ2) is 7.53. The molecular formula is C25H26N2O2. The number of ether oxygens (including phenoxy) is 2. The van der Waals surface area contributed by atoms with Crippen LogP contribution in [0.1, 0.15) is 30.4 Å². The van der Waals surface area contributed by atoms with Gasteiger partial charge in [0.05, 0.1) is 11.6 Å². The summed E-state index contributed by atoms with van der Waals surface area (Å²) in [6.45, 7) is 5.63. The van der Waals surface area contributed by atoms with Gasteiger partial charge in [0.1, 0.15) is 18.0 Å². The van der Waals surface area contributed by atoms with Crippen LogP contribution in [0.25, 0.3) is 33.1 Å². The number of fused-ring (bicyclic) bond motifs is 3. The molecule has 1 aliphatic heterocycles. The zero-order valence-corrected chi connectivity index (χ0v) is 17.0. The number of aryl methyl sites for hydroxylation is 2. The van der Waals surface area contributed by atoms with Gasteiger partial charge in [-0.2, -0.15) is 0 Å². The van der Waals surface area contributed by atoms with Crippen molar-refractivity contribution in [2.75, 3.05) is 13.2 Å². The van der Waals surface area contributed by atoms with Gasteiger partial charge in [-0.15, -0.1) is 0 Å². The number of benzene rings is 2. The molecule has 4 heteroatoms. The number of hydrogen-bond donors (Lipinski definition) is 1. The lowest BCUT2D eigenvalue weighted by atomic mass is 9.98. The highest BCUT2D eigenvalue weighted by Gasteiger charge is 2.18. The molecule has 0 radical (unpaired) electrons. The van der Waals surface area contributed by atoms with Crippen LogP contribution in [0.5, 0.6) is 5.75 Å². The van der Waals surface area contributed by atoms with Gasteiger partial charge in [-0.3, -0.25) is 0 Å². The van der Waals surface area contributed by atoms with Crippen LogP contribution in [-0.2, 0) is 4.74 Å². The number of nitrogens with zero attached hydrogens (tertiary/aromatic N) is 1. The van der Waals surface area contributed by atoms with E-state index in [0.717, 1.165) is 47.3 Å². The van der Waals surface area contributed by atoms with E-state index in [0.29, 0.717) is 6.61 Å². The minimum absolute atomic E-state index is 0.181. The van der Waals surface area contributed by atoms with Crippen molar-refractivity contribution in [3.63, 3.8) is 0 Å². The first-order valence-corrected chi connectivity index (χ1v) is 10.4. The van der Waals surface area contributed by atoms with Crippen LogP contribution in [0.15, 0.2) is 48.7 Å². The summed E-state index contributed by atoms with van der Waals surface area (Å²) in [4.78, 5) is 8.13. The van der Waals surface area contributed by atoms with Crippen LogP contribution < -0.4 is 4.74 Å². The van der Waals surface area contributed by atoms with Crippen LogP contribution in [-0.4, -0.2) is 29.3 Å². The molecule has 148 valence electrons. The van der Waals surface area contributed by atoms with Crippen molar-refractivity contribution in [1.29, 1.82) is 0 Å². The average molecular weight is 386 g/mol. The fraction of sp³-hybridized carbons (Fsp3) is 0.320. The summed E-state index contributed by atoms with van der Waals surface area (Å²) < 4.78 is 12.1. The summed E-state index contributed by atoms with van der Waals surface area (Å²) in [5, 5.41) is 2.31. The molecule has 0 amide bonds. The Morgan fingerprint density at radius 1 is 1.10 bits per heavy atom. The molecule has 4 nitrogen and oxygen atoms in total. The van der Waals surface area contributed by atoms with Crippen molar-refractivity contribution >= 4 is 21.9 Å². The number of pyridine rings is 1. The Morgan fingerprint density at radius 3 is 2.86 bits per heavy atom. The quantitative estimate of drug-likeness (QED) is 0.471. The molecule has 2 aromatic carbocycles. The molecule has 1 saturated heterocycles. The molecule has 0 aliphatic carbocycles. The Hall–Kier alpha value is -2.85. The monoisotopic (exact) mass is 386 g/mol. The van der Waals surface area contributed by atoms with Gasteiger partial charge in [-0.1, -0.05) is 29.8 Å². The first kappa shape index (κ1) is 18.2. The van der Waals surface area contributed by atoms with E-state index in [1.54, 1.807) is 0 Å². The van der Waals surface area contributed by atoms with E-state index in [1.165, 1.54) is 28.5 Å². The molecule has 0 bridgehead atoms. The third kappa shape index (κ3) is 3.49. The molecular weight excluding hydrogens is 360 g/mol. The van der Waals surface area contributed by atoms with Gasteiger partial charge in [0, 0.05) is 23.6 Å². The predicted molar refractivity (Wildman–Crippen MR) is 118 cm³/mol. The van der Waals surface area contributed by atoms with Crippen molar-refractivity contribution in [3.8, 4) is 16.9 Å². The number of hydrogen-bond acceptors (Lipinski definition) is 3. The van der Waals surface area contributed by atoms with E-state index >= 15 is 0 Å². The molecule has 0 spiro atoms. The Labute approximate surface area is 170 Å². The zero-order chi connectivity index (χ0) is 19.8. The van der Waals surface area contributed by atoms with E-state index in [9.17, 15) is 0 Å². The normalized spacial score (nSPS) is 17.1. The first-order chi connectivity index (χ1) is 14.2. The molecule has 5 rings (SSSR count). The maximum absolute atomic E-state index is 6.25. The molecule has 1 fully saturated rings. The van der Waals surface area contributed by atoms with Crippen molar-refractivity contribution in [1.82, 2.24) is 9.97 Å². The fourth-order valence-electron chi connectivity index (χ4n) is 4.26. The highest BCUT2D eigenvalue weighted by atomic mass is 16.5. The van der Waals surface area contributed by atoms with Crippen LogP contribution in [0.2, 0.25) is 0 Å². The van der Waals surface area contributed by atoms with E-state index in [-0.39, 0.29) is 6.10 Å². The minimum Gasteiger partial charge on any atom is -0.489 e. The molecule has 29 heavy (non-hydrogen) atoms. The van der Waals surface area contributed by atoms with Crippen LogP contribution in [0, 0.1) is 13.8 Å². The van der Waals surface area contributed by atoms with Crippen LogP contribution >= 0.6 is 0 Å². The molecule has 1 atom stereocenters. The third-order valence-corrected chi connectivity index (χ3v) is 5.73. The zero-order valence-electron chi connectivity index (χ0n) is 17.0. The molecule has 3 heterocycles. The Bertz CT molecular complexity index is 1170. The summed E-state index contributed by atoms with van der Waals surface area (Å²) in [5.74, 6) is 0.862. The smallest absolute Gasteiger partial charge is 0.143 e. The number of rotatable bonds is 4. The largest absolute Gasteiger partial charge is 0.489 e. The van der Waals surface area contributed by atoms with E-state index in [2.05, 4.69) is 66.3 Å². The topological polar surface area (TPSA) is 47.1 Å². The van der Waals surface area contributed by atoms with Crippen molar-refractivity contribution < 1.29 is 9.47 Å². The van der Waals surface area contributed by atoms with Gasteiger partial charge < -0.3 is 14.5 Å². The van der Waals surface area contributed by atoms with Crippen molar-refractivity contribution in [2.24, 2.45) is 0 Å². The second-order valence-electron chi connectivity index (χ2n) is 8.06. The lowest BCUT2D eigenvalue weighted by Gasteiger charge is -2.22.